The molecule has 0 aromatic heterocycles. The van der Waals surface area contributed by atoms with Crippen LogP contribution in [0, 0.1) is 0 Å². The third kappa shape index (κ3) is 22.3. The highest BCUT2D eigenvalue weighted by Gasteiger charge is 2.08. The fourth-order valence-electron chi connectivity index (χ4n) is 1.07. The zero-order valence-corrected chi connectivity index (χ0v) is 13.7. The van der Waals surface area contributed by atoms with E-state index in [4.69, 9.17) is 10.2 Å². The maximum absolute atomic E-state index is 11.0. The maximum atomic E-state index is 11.0. The van der Waals surface area contributed by atoms with Crippen LogP contribution >= 0.6 is 0 Å². The normalized spacial score (nSPS) is 9.30. The van der Waals surface area contributed by atoms with Crippen LogP contribution in [0.3, 0.4) is 0 Å². The first-order valence-electron chi connectivity index (χ1n) is 7.58. The lowest BCUT2D eigenvalue weighted by Crippen LogP contribution is -2.13. The SMILES string of the molecule is CCCC.O=C(O)CCCC(=O)OCOC(=O)CCCC(=O)O. The van der Waals surface area contributed by atoms with Crippen LogP contribution in [-0.2, 0) is 28.7 Å². The van der Waals surface area contributed by atoms with Gasteiger partial charge in [0.2, 0.25) is 6.79 Å². The molecule has 0 spiro atoms. The topological polar surface area (TPSA) is 127 Å². The van der Waals surface area contributed by atoms with Crippen molar-refractivity contribution < 1.29 is 38.9 Å². The van der Waals surface area contributed by atoms with Gasteiger partial charge in [-0.2, -0.15) is 0 Å². The van der Waals surface area contributed by atoms with Gasteiger partial charge in [0.05, 0.1) is 0 Å². The van der Waals surface area contributed by atoms with Crippen LogP contribution in [0.4, 0.5) is 0 Å². The molecule has 0 aliphatic heterocycles. The van der Waals surface area contributed by atoms with Crippen molar-refractivity contribution >= 4 is 23.9 Å². The summed E-state index contributed by atoms with van der Waals surface area (Å²) >= 11 is 0. The van der Waals surface area contributed by atoms with Crippen molar-refractivity contribution in [3.8, 4) is 0 Å². The second-order valence-corrected chi connectivity index (χ2v) is 4.65. The van der Waals surface area contributed by atoms with Gasteiger partial charge < -0.3 is 19.7 Å². The van der Waals surface area contributed by atoms with Gasteiger partial charge in [0, 0.05) is 25.7 Å². The number of carbonyl (C=O) groups is 4. The third-order valence-electron chi connectivity index (χ3n) is 2.48. The summed E-state index contributed by atoms with van der Waals surface area (Å²) in [5.74, 6) is -3.31. The molecule has 0 aromatic rings. The summed E-state index contributed by atoms with van der Waals surface area (Å²) in [7, 11) is 0. The molecule has 0 bridgehead atoms. The lowest BCUT2D eigenvalue weighted by Gasteiger charge is -2.05. The Hall–Kier alpha value is -2.12. The van der Waals surface area contributed by atoms with Gasteiger partial charge in [-0.25, -0.2) is 0 Å². The molecule has 8 nitrogen and oxygen atoms in total. The summed E-state index contributed by atoms with van der Waals surface area (Å²) in [4.78, 5) is 42.4. The summed E-state index contributed by atoms with van der Waals surface area (Å²) in [6, 6.07) is 0. The molecule has 0 fully saturated rings. The van der Waals surface area contributed by atoms with E-state index in [0.29, 0.717) is 0 Å². The number of carboxylic acid groups (broad SMARTS) is 2. The number of carbonyl (C=O) groups excluding carboxylic acids is 2. The highest BCUT2D eigenvalue weighted by Crippen LogP contribution is 2.00. The Balaban J connectivity index is 0. The van der Waals surface area contributed by atoms with Crippen LogP contribution in [-0.4, -0.2) is 40.9 Å². The third-order valence-corrected chi connectivity index (χ3v) is 2.48. The monoisotopic (exact) mass is 334 g/mol. The van der Waals surface area contributed by atoms with Crippen LogP contribution < -0.4 is 0 Å². The van der Waals surface area contributed by atoms with Crippen molar-refractivity contribution in [3.05, 3.63) is 0 Å². The fraction of sp³-hybridized carbons (Fsp3) is 0.733. The van der Waals surface area contributed by atoms with Crippen LogP contribution in [0.5, 0.6) is 0 Å². The molecule has 0 radical (unpaired) electrons. The molecule has 0 rings (SSSR count). The number of ether oxygens (including phenoxy) is 2. The summed E-state index contributed by atoms with van der Waals surface area (Å²) in [5, 5.41) is 16.7. The van der Waals surface area contributed by atoms with Crippen molar-refractivity contribution in [2.75, 3.05) is 6.79 Å². The molecule has 0 aliphatic carbocycles. The van der Waals surface area contributed by atoms with Crippen molar-refractivity contribution in [1.29, 1.82) is 0 Å². The van der Waals surface area contributed by atoms with E-state index in [2.05, 4.69) is 23.3 Å². The molecule has 0 aliphatic rings. The Bertz CT molecular complexity index is 330. The molecule has 0 saturated heterocycles. The lowest BCUT2D eigenvalue weighted by molar-refractivity contribution is -0.167. The predicted molar refractivity (Wildman–Crippen MR) is 80.6 cm³/mol. The molecule has 2 N–H and O–H groups in total. The Labute approximate surface area is 135 Å². The fourth-order valence-corrected chi connectivity index (χ4v) is 1.07. The summed E-state index contributed by atoms with van der Waals surface area (Å²) in [6.07, 6.45) is 2.54. The Morgan fingerprint density at radius 1 is 0.696 bits per heavy atom. The van der Waals surface area contributed by atoms with Gasteiger partial charge in [-0.05, 0) is 12.8 Å². The Morgan fingerprint density at radius 3 is 1.30 bits per heavy atom. The Kier molecular flexibility index (Phi) is 16.4. The highest BCUT2D eigenvalue weighted by molar-refractivity contribution is 5.72. The summed E-state index contributed by atoms with van der Waals surface area (Å²) < 4.78 is 9.06. The van der Waals surface area contributed by atoms with Gasteiger partial charge in [-0.1, -0.05) is 26.7 Å². The van der Waals surface area contributed by atoms with Crippen LogP contribution in [0.15, 0.2) is 0 Å². The smallest absolute Gasteiger partial charge is 0.308 e. The number of rotatable bonds is 11. The first kappa shape index (κ1) is 23.2. The minimum Gasteiger partial charge on any atom is -0.481 e. The van der Waals surface area contributed by atoms with Crippen molar-refractivity contribution in [1.82, 2.24) is 0 Å². The van der Waals surface area contributed by atoms with E-state index < -0.39 is 30.7 Å². The highest BCUT2D eigenvalue weighted by atomic mass is 16.7. The molecule has 8 heteroatoms. The van der Waals surface area contributed by atoms with Crippen LogP contribution in [0.1, 0.15) is 65.2 Å². The molecular formula is C15H26O8. The van der Waals surface area contributed by atoms with E-state index >= 15 is 0 Å². The summed E-state index contributed by atoms with van der Waals surface area (Å²) in [6.45, 7) is 3.82. The van der Waals surface area contributed by atoms with Crippen molar-refractivity contribution in [3.63, 3.8) is 0 Å². The molecular weight excluding hydrogens is 308 g/mol. The van der Waals surface area contributed by atoms with Crippen molar-refractivity contribution in [2.24, 2.45) is 0 Å². The molecule has 0 aromatic carbocycles. The molecule has 0 heterocycles. The average Bonchev–Trinajstić information content (AvgIpc) is 2.46. The molecule has 0 unspecified atom stereocenters. The van der Waals surface area contributed by atoms with E-state index in [9.17, 15) is 19.2 Å². The Morgan fingerprint density at radius 2 is 1.04 bits per heavy atom. The minimum absolute atomic E-state index is 0.0666. The van der Waals surface area contributed by atoms with Gasteiger partial charge >= 0.3 is 23.9 Å². The van der Waals surface area contributed by atoms with Gasteiger partial charge in [-0.15, -0.1) is 0 Å². The molecule has 0 amide bonds. The number of unbranched alkanes of at least 4 members (excludes halogenated alkanes) is 1. The second-order valence-electron chi connectivity index (χ2n) is 4.65. The predicted octanol–water partition coefficient (Wildman–Crippen LogP) is 2.35. The minimum atomic E-state index is -1.00. The molecule has 0 saturated carbocycles. The number of carboxylic acids is 2. The molecule has 134 valence electrons. The number of hydrogen-bond acceptors (Lipinski definition) is 6. The number of hydrogen-bond donors (Lipinski definition) is 2. The van der Waals surface area contributed by atoms with Crippen LogP contribution in [0.2, 0.25) is 0 Å². The van der Waals surface area contributed by atoms with E-state index in [1.807, 2.05) is 0 Å². The van der Waals surface area contributed by atoms with E-state index in [1.54, 1.807) is 0 Å². The largest absolute Gasteiger partial charge is 0.481 e. The number of aliphatic carboxylic acids is 2. The van der Waals surface area contributed by atoms with Gasteiger partial charge in [0.1, 0.15) is 0 Å². The van der Waals surface area contributed by atoms with E-state index in [1.165, 1.54) is 12.8 Å². The summed E-state index contributed by atoms with van der Waals surface area (Å²) in [5.41, 5.74) is 0. The maximum Gasteiger partial charge on any atom is 0.308 e. The standard InChI is InChI=1S/C11H16O8.C4H10/c12-8(13)3-1-5-10(16)18-7-19-11(17)6-2-4-9(14)15;1-3-4-2/h1-7H2,(H,12,13)(H,14,15);3-4H2,1-2H3. The van der Waals surface area contributed by atoms with E-state index in [0.717, 1.165) is 0 Å². The quantitative estimate of drug-likeness (QED) is 0.435. The van der Waals surface area contributed by atoms with Crippen LogP contribution in [0.25, 0.3) is 0 Å². The molecule has 23 heavy (non-hydrogen) atoms. The van der Waals surface area contributed by atoms with Crippen molar-refractivity contribution in [2.45, 2.75) is 65.2 Å². The zero-order chi connectivity index (χ0) is 18.1. The molecule has 0 atom stereocenters. The zero-order valence-electron chi connectivity index (χ0n) is 13.7. The van der Waals surface area contributed by atoms with E-state index in [-0.39, 0.29) is 38.5 Å². The van der Waals surface area contributed by atoms with Gasteiger partial charge in [0.25, 0.3) is 0 Å². The first-order chi connectivity index (χ1) is 10.8. The van der Waals surface area contributed by atoms with Gasteiger partial charge in [0.15, 0.2) is 0 Å². The first-order valence-corrected chi connectivity index (χ1v) is 7.58. The average molecular weight is 334 g/mol. The van der Waals surface area contributed by atoms with Gasteiger partial charge in [-0.3, -0.25) is 19.2 Å². The lowest BCUT2D eigenvalue weighted by atomic mass is 10.2. The number of esters is 2. The second kappa shape index (κ2) is 16.3.